The van der Waals surface area contributed by atoms with E-state index in [1.807, 2.05) is 6.92 Å². The molecule has 1 aromatic rings. The zero-order valence-electron chi connectivity index (χ0n) is 10.2. The molecule has 2 heterocycles. The van der Waals surface area contributed by atoms with E-state index in [4.69, 9.17) is 9.47 Å². The standard InChI is InChI=1S/C13H15NO4/c1-2-13(16)6-14(7-13)12(15)9-3-4-10-11(5-9)18-8-17-10/h3-5,16H,2,6-8H2,1H3. The highest BCUT2D eigenvalue weighted by Crippen LogP contribution is 2.34. The Labute approximate surface area is 105 Å². The first-order valence-corrected chi connectivity index (χ1v) is 6.03. The van der Waals surface area contributed by atoms with E-state index in [9.17, 15) is 9.90 Å². The van der Waals surface area contributed by atoms with Gasteiger partial charge in [0.2, 0.25) is 6.79 Å². The van der Waals surface area contributed by atoms with Gasteiger partial charge in [-0.15, -0.1) is 0 Å². The lowest BCUT2D eigenvalue weighted by Crippen LogP contribution is -2.63. The minimum atomic E-state index is -0.702. The van der Waals surface area contributed by atoms with E-state index in [1.54, 1.807) is 23.1 Å². The second kappa shape index (κ2) is 3.88. The normalized spacial score (nSPS) is 19.6. The fraction of sp³-hybridized carbons (Fsp3) is 0.462. The van der Waals surface area contributed by atoms with Crippen LogP contribution in [0.2, 0.25) is 0 Å². The molecular weight excluding hydrogens is 234 g/mol. The largest absolute Gasteiger partial charge is 0.454 e. The number of carbonyl (C=O) groups excluding carboxylic acids is 1. The van der Waals surface area contributed by atoms with Gasteiger partial charge in [0, 0.05) is 5.56 Å². The first-order chi connectivity index (χ1) is 8.61. The molecule has 3 rings (SSSR count). The van der Waals surface area contributed by atoms with Gasteiger partial charge in [0.25, 0.3) is 5.91 Å². The summed E-state index contributed by atoms with van der Waals surface area (Å²) in [6.45, 7) is 2.92. The van der Waals surface area contributed by atoms with Crippen LogP contribution in [0.25, 0.3) is 0 Å². The molecule has 0 bridgehead atoms. The number of hydrogen-bond donors (Lipinski definition) is 1. The highest BCUT2D eigenvalue weighted by Gasteiger charge is 2.42. The summed E-state index contributed by atoms with van der Waals surface area (Å²) >= 11 is 0. The molecule has 0 spiro atoms. The molecule has 1 fully saturated rings. The number of hydrogen-bond acceptors (Lipinski definition) is 4. The molecular formula is C13H15NO4. The van der Waals surface area contributed by atoms with Crippen molar-refractivity contribution in [1.82, 2.24) is 4.90 Å². The summed E-state index contributed by atoms with van der Waals surface area (Å²) in [7, 11) is 0. The number of ether oxygens (including phenoxy) is 2. The SMILES string of the molecule is CCC1(O)CN(C(=O)c2ccc3c(c2)OCO3)C1. The molecule has 18 heavy (non-hydrogen) atoms. The summed E-state index contributed by atoms with van der Waals surface area (Å²) < 4.78 is 10.4. The quantitative estimate of drug-likeness (QED) is 0.850. The molecule has 1 amide bonds. The number of rotatable bonds is 2. The van der Waals surface area contributed by atoms with Gasteiger partial charge in [-0.2, -0.15) is 0 Å². The average Bonchev–Trinajstić information content (AvgIpc) is 2.81. The van der Waals surface area contributed by atoms with Crippen LogP contribution in [-0.2, 0) is 0 Å². The smallest absolute Gasteiger partial charge is 0.254 e. The van der Waals surface area contributed by atoms with Crippen molar-refractivity contribution >= 4 is 5.91 Å². The molecule has 0 radical (unpaired) electrons. The molecule has 1 N–H and O–H groups in total. The van der Waals surface area contributed by atoms with Crippen LogP contribution in [-0.4, -0.2) is 41.4 Å². The molecule has 1 aromatic carbocycles. The van der Waals surface area contributed by atoms with Crippen LogP contribution in [0.3, 0.4) is 0 Å². The van der Waals surface area contributed by atoms with Crippen LogP contribution in [0.1, 0.15) is 23.7 Å². The summed E-state index contributed by atoms with van der Waals surface area (Å²) in [5.41, 5.74) is -0.135. The van der Waals surface area contributed by atoms with Crippen LogP contribution < -0.4 is 9.47 Å². The Morgan fingerprint density at radius 2 is 2.11 bits per heavy atom. The first kappa shape index (κ1) is 11.3. The highest BCUT2D eigenvalue weighted by molar-refractivity contribution is 5.95. The minimum Gasteiger partial charge on any atom is -0.454 e. The lowest BCUT2D eigenvalue weighted by molar-refractivity contribution is -0.0826. The predicted octanol–water partition coefficient (Wildman–Crippen LogP) is 1.01. The molecule has 0 aliphatic carbocycles. The van der Waals surface area contributed by atoms with Gasteiger partial charge in [-0.1, -0.05) is 6.92 Å². The van der Waals surface area contributed by atoms with E-state index in [0.717, 1.165) is 0 Å². The number of likely N-dealkylation sites (tertiary alicyclic amines) is 1. The number of amides is 1. The second-order valence-electron chi connectivity index (χ2n) is 4.81. The van der Waals surface area contributed by atoms with Crippen molar-refractivity contribution in [2.75, 3.05) is 19.9 Å². The molecule has 5 nitrogen and oxygen atoms in total. The Morgan fingerprint density at radius 1 is 1.39 bits per heavy atom. The lowest BCUT2D eigenvalue weighted by atomic mass is 9.90. The van der Waals surface area contributed by atoms with Crippen LogP contribution in [0, 0.1) is 0 Å². The van der Waals surface area contributed by atoms with Gasteiger partial charge in [0.1, 0.15) is 0 Å². The number of β-amino-alcohol motifs (C(OH)–C–C–N with tert-alkyl or cyclic N) is 1. The maximum Gasteiger partial charge on any atom is 0.254 e. The fourth-order valence-electron chi connectivity index (χ4n) is 2.24. The summed E-state index contributed by atoms with van der Waals surface area (Å²) in [6, 6.07) is 5.15. The number of fused-ring (bicyclic) bond motifs is 1. The van der Waals surface area contributed by atoms with Crippen LogP contribution >= 0.6 is 0 Å². The van der Waals surface area contributed by atoms with Gasteiger partial charge in [-0.25, -0.2) is 0 Å². The fourth-order valence-corrected chi connectivity index (χ4v) is 2.24. The average molecular weight is 249 g/mol. The molecule has 0 unspecified atom stereocenters. The third-order valence-corrected chi connectivity index (χ3v) is 3.54. The van der Waals surface area contributed by atoms with Gasteiger partial charge in [0.15, 0.2) is 11.5 Å². The van der Waals surface area contributed by atoms with E-state index in [-0.39, 0.29) is 12.7 Å². The van der Waals surface area contributed by atoms with E-state index in [2.05, 4.69) is 0 Å². The molecule has 5 heteroatoms. The summed E-state index contributed by atoms with van der Waals surface area (Å²) in [6.07, 6.45) is 0.665. The van der Waals surface area contributed by atoms with E-state index in [0.29, 0.717) is 36.6 Å². The maximum absolute atomic E-state index is 12.1. The maximum atomic E-state index is 12.1. The molecule has 2 aliphatic rings. The summed E-state index contributed by atoms with van der Waals surface area (Å²) in [4.78, 5) is 13.8. The Bertz CT molecular complexity index is 494. The van der Waals surface area contributed by atoms with Gasteiger partial charge < -0.3 is 19.5 Å². The first-order valence-electron chi connectivity index (χ1n) is 6.03. The van der Waals surface area contributed by atoms with Gasteiger partial charge in [-0.3, -0.25) is 4.79 Å². The number of benzene rings is 1. The van der Waals surface area contributed by atoms with Crippen molar-refractivity contribution in [3.63, 3.8) is 0 Å². The Morgan fingerprint density at radius 3 is 2.83 bits per heavy atom. The lowest BCUT2D eigenvalue weighted by Gasteiger charge is -2.46. The van der Waals surface area contributed by atoms with Crippen LogP contribution in [0.5, 0.6) is 11.5 Å². The zero-order chi connectivity index (χ0) is 12.8. The molecule has 0 aromatic heterocycles. The monoisotopic (exact) mass is 249 g/mol. The Balaban J connectivity index is 1.74. The van der Waals surface area contributed by atoms with Crippen molar-refractivity contribution in [3.8, 4) is 11.5 Å². The third-order valence-electron chi connectivity index (χ3n) is 3.54. The molecule has 0 saturated carbocycles. The number of aliphatic hydroxyl groups is 1. The van der Waals surface area contributed by atoms with Gasteiger partial charge >= 0.3 is 0 Å². The summed E-state index contributed by atoms with van der Waals surface area (Å²) in [5.74, 6) is 1.19. The van der Waals surface area contributed by atoms with E-state index in [1.165, 1.54) is 0 Å². The third kappa shape index (κ3) is 1.71. The van der Waals surface area contributed by atoms with E-state index >= 15 is 0 Å². The van der Waals surface area contributed by atoms with Crippen LogP contribution in [0.15, 0.2) is 18.2 Å². The molecule has 1 saturated heterocycles. The molecule has 96 valence electrons. The molecule has 0 atom stereocenters. The summed E-state index contributed by atoms with van der Waals surface area (Å²) in [5, 5.41) is 9.90. The second-order valence-corrected chi connectivity index (χ2v) is 4.81. The zero-order valence-corrected chi connectivity index (χ0v) is 10.2. The van der Waals surface area contributed by atoms with E-state index < -0.39 is 5.60 Å². The van der Waals surface area contributed by atoms with Crippen molar-refractivity contribution in [2.24, 2.45) is 0 Å². The van der Waals surface area contributed by atoms with Crippen molar-refractivity contribution in [2.45, 2.75) is 18.9 Å². The predicted molar refractivity (Wildman–Crippen MR) is 63.7 cm³/mol. The van der Waals surface area contributed by atoms with Crippen molar-refractivity contribution in [3.05, 3.63) is 23.8 Å². The van der Waals surface area contributed by atoms with Crippen LogP contribution in [0.4, 0.5) is 0 Å². The topological polar surface area (TPSA) is 59.0 Å². The Kier molecular flexibility index (Phi) is 2.45. The van der Waals surface area contributed by atoms with Gasteiger partial charge in [-0.05, 0) is 24.6 Å². The van der Waals surface area contributed by atoms with Crippen molar-refractivity contribution < 1.29 is 19.4 Å². The van der Waals surface area contributed by atoms with Gasteiger partial charge in [0.05, 0.1) is 18.7 Å². The molecule has 2 aliphatic heterocycles. The highest BCUT2D eigenvalue weighted by atomic mass is 16.7. The van der Waals surface area contributed by atoms with Crippen molar-refractivity contribution in [1.29, 1.82) is 0 Å². The number of nitrogens with zero attached hydrogens (tertiary/aromatic N) is 1. The number of carbonyl (C=O) groups is 1. The Hall–Kier alpha value is -1.75. The minimum absolute atomic E-state index is 0.0774.